The molecule has 1 aliphatic rings. The fourth-order valence-electron chi connectivity index (χ4n) is 1.80. The van der Waals surface area contributed by atoms with E-state index in [-0.39, 0.29) is 30.6 Å². The Bertz CT molecular complexity index is 341. The summed E-state index contributed by atoms with van der Waals surface area (Å²) in [5.74, 6) is -0.892. The van der Waals surface area contributed by atoms with Crippen LogP contribution in [0.4, 0.5) is 0 Å². The van der Waals surface area contributed by atoms with Gasteiger partial charge in [0.1, 0.15) is 6.04 Å². The van der Waals surface area contributed by atoms with E-state index in [2.05, 4.69) is 5.32 Å². The van der Waals surface area contributed by atoms with Crippen LogP contribution in [0.15, 0.2) is 0 Å². The molecule has 0 aromatic carbocycles. The second-order valence-corrected chi connectivity index (χ2v) is 5.56. The maximum atomic E-state index is 11.8. The minimum atomic E-state index is -1.12. The third-order valence-corrected chi connectivity index (χ3v) is 4.16. The molecule has 2 N–H and O–H groups in total. The molecule has 0 bridgehead atoms. The van der Waals surface area contributed by atoms with Crippen molar-refractivity contribution in [2.45, 2.75) is 43.9 Å². The molecule has 0 aliphatic carbocycles. The molecule has 1 saturated heterocycles. The molecule has 1 fully saturated rings. The molecular formula is C12H19NO5S. The summed E-state index contributed by atoms with van der Waals surface area (Å²) < 4.78 is 4.73. The van der Waals surface area contributed by atoms with Crippen LogP contribution < -0.4 is 5.32 Å². The number of carboxylic acid groups (broad SMARTS) is 1. The molecule has 0 radical (unpaired) electrons. The van der Waals surface area contributed by atoms with Gasteiger partial charge in [-0.3, -0.25) is 9.59 Å². The number of hydrogen-bond donors (Lipinski definition) is 2. The summed E-state index contributed by atoms with van der Waals surface area (Å²) in [6.07, 6.45) is 1.80. The molecule has 2 atom stereocenters. The van der Waals surface area contributed by atoms with Crippen molar-refractivity contribution in [2.24, 2.45) is 0 Å². The quantitative estimate of drug-likeness (QED) is 0.673. The van der Waals surface area contributed by atoms with Crippen LogP contribution >= 0.6 is 11.8 Å². The van der Waals surface area contributed by atoms with Crippen molar-refractivity contribution in [3.63, 3.8) is 0 Å². The van der Waals surface area contributed by atoms with Crippen molar-refractivity contribution in [1.29, 1.82) is 0 Å². The van der Waals surface area contributed by atoms with Crippen LogP contribution in [0.25, 0.3) is 0 Å². The van der Waals surface area contributed by atoms with Crippen LogP contribution in [-0.2, 0) is 19.1 Å². The summed E-state index contributed by atoms with van der Waals surface area (Å²) in [7, 11) is 0. The van der Waals surface area contributed by atoms with Crippen LogP contribution in [0.1, 0.15) is 32.6 Å². The minimum absolute atomic E-state index is 0.0110. The van der Waals surface area contributed by atoms with Gasteiger partial charge in [-0.2, -0.15) is 0 Å². The van der Waals surface area contributed by atoms with Crippen LogP contribution in [-0.4, -0.2) is 46.6 Å². The predicted octanol–water partition coefficient (Wildman–Crippen LogP) is 0.795. The van der Waals surface area contributed by atoms with Gasteiger partial charge < -0.3 is 15.2 Å². The fourth-order valence-corrected chi connectivity index (χ4v) is 2.97. The number of carbonyl (C=O) groups is 3. The summed E-state index contributed by atoms with van der Waals surface area (Å²) in [5.41, 5.74) is 0. The van der Waals surface area contributed by atoms with E-state index in [4.69, 9.17) is 9.84 Å². The highest BCUT2D eigenvalue weighted by Gasteiger charge is 2.28. The van der Waals surface area contributed by atoms with Crippen molar-refractivity contribution < 1.29 is 24.2 Å². The van der Waals surface area contributed by atoms with Crippen molar-refractivity contribution in [2.75, 3.05) is 12.4 Å². The molecule has 108 valence electrons. The van der Waals surface area contributed by atoms with Gasteiger partial charge >= 0.3 is 11.9 Å². The van der Waals surface area contributed by atoms with Crippen LogP contribution in [0, 0.1) is 0 Å². The second-order valence-electron chi connectivity index (χ2n) is 4.24. The highest BCUT2D eigenvalue weighted by atomic mass is 32.2. The summed E-state index contributed by atoms with van der Waals surface area (Å²) in [5, 5.41) is 11.4. The van der Waals surface area contributed by atoms with E-state index in [1.54, 1.807) is 18.7 Å². The highest BCUT2D eigenvalue weighted by Crippen LogP contribution is 2.26. The zero-order valence-corrected chi connectivity index (χ0v) is 11.7. The van der Waals surface area contributed by atoms with E-state index in [9.17, 15) is 14.4 Å². The lowest BCUT2D eigenvalue weighted by Gasteiger charge is -2.16. The lowest BCUT2D eigenvalue weighted by Crippen LogP contribution is -2.44. The van der Waals surface area contributed by atoms with Crippen LogP contribution in [0.2, 0.25) is 0 Å². The van der Waals surface area contributed by atoms with E-state index in [1.165, 1.54) is 0 Å². The Morgan fingerprint density at radius 1 is 1.47 bits per heavy atom. The topological polar surface area (TPSA) is 92.7 Å². The first kappa shape index (κ1) is 15.8. The van der Waals surface area contributed by atoms with Gasteiger partial charge in [-0.15, -0.1) is 11.8 Å². The first-order valence-electron chi connectivity index (χ1n) is 6.35. The number of carboxylic acids is 1. The average molecular weight is 289 g/mol. The normalized spacial score (nSPS) is 19.7. The Morgan fingerprint density at radius 2 is 2.21 bits per heavy atom. The number of rotatable bonds is 7. The molecule has 0 saturated carbocycles. The molecule has 1 unspecified atom stereocenters. The van der Waals surface area contributed by atoms with Crippen molar-refractivity contribution in [3.8, 4) is 0 Å². The molecular weight excluding hydrogens is 270 g/mol. The number of nitrogens with one attached hydrogen (secondary N) is 1. The molecule has 1 amide bonds. The van der Waals surface area contributed by atoms with Crippen molar-refractivity contribution in [3.05, 3.63) is 0 Å². The molecule has 7 heteroatoms. The van der Waals surface area contributed by atoms with Gasteiger partial charge in [-0.25, -0.2) is 4.79 Å². The summed E-state index contributed by atoms with van der Waals surface area (Å²) >= 11 is 1.54. The maximum absolute atomic E-state index is 11.8. The fraction of sp³-hybridized carbons (Fsp3) is 0.750. The largest absolute Gasteiger partial charge is 0.480 e. The SMILES string of the molecule is CCOC(=O)CC[C@H](NC(=O)C1CCCS1)C(=O)O. The summed E-state index contributed by atoms with van der Waals surface area (Å²) in [6, 6.07) is -1.03. The zero-order valence-electron chi connectivity index (χ0n) is 10.9. The summed E-state index contributed by atoms with van der Waals surface area (Å²) in [6.45, 7) is 1.95. The van der Waals surface area contributed by atoms with E-state index >= 15 is 0 Å². The van der Waals surface area contributed by atoms with Crippen LogP contribution in [0.3, 0.4) is 0 Å². The van der Waals surface area contributed by atoms with Gasteiger partial charge in [0.2, 0.25) is 5.91 Å². The molecule has 0 spiro atoms. The number of thioether (sulfide) groups is 1. The molecule has 6 nitrogen and oxygen atoms in total. The third kappa shape index (κ3) is 5.50. The predicted molar refractivity (Wildman–Crippen MR) is 70.9 cm³/mol. The van der Waals surface area contributed by atoms with Gasteiger partial charge in [0.15, 0.2) is 0 Å². The molecule has 1 rings (SSSR count). The number of ether oxygens (including phenoxy) is 1. The lowest BCUT2D eigenvalue weighted by molar-refractivity contribution is -0.145. The maximum Gasteiger partial charge on any atom is 0.326 e. The van der Waals surface area contributed by atoms with Gasteiger partial charge in [-0.05, 0) is 31.9 Å². The van der Waals surface area contributed by atoms with Gasteiger partial charge in [-0.1, -0.05) is 0 Å². The van der Waals surface area contributed by atoms with Crippen LogP contribution in [0.5, 0.6) is 0 Å². The molecule has 1 aliphatic heterocycles. The third-order valence-electron chi connectivity index (χ3n) is 2.78. The first-order chi connectivity index (χ1) is 9.04. The van der Waals surface area contributed by atoms with Crippen molar-refractivity contribution >= 4 is 29.6 Å². The number of carbonyl (C=O) groups excluding carboxylic acids is 2. The minimum Gasteiger partial charge on any atom is -0.480 e. The first-order valence-corrected chi connectivity index (χ1v) is 7.40. The van der Waals surface area contributed by atoms with E-state index in [0.717, 1.165) is 18.6 Å². The highest BCUT2D eigenvalue weighted by molar-refractivity contribution is 8.00. The molecule has 1 heterocycles. The summed E-state index contributed by atoms with van der Waals surface area (Å²) in [4.78, 5) is 34.0. The van der Waals surface area contributed by atoms with Gasteiger partial charge in [0, 0.05) is 6.42 Å². The number of amides is 1. The number of hydrogen-bond acceptors (Lipinski definition) is 5. The Kier molecular flexibility index (Phi) is 6.69. The van der Waals surface area contributed by atoms with Gasteiger partial charge in [0.25, 0.3) is 0 Å². The Morgan fingerprint density at radius 3 is 2.74 bits per heavy atom. The molecule has 0 aromatic rings. The average Bonchev–Trinajstić information content (AvgIpc) is 2.88. The van der Waals surface area contributed by atoms with E-state index in [1.807, 2.05) is 0 Å². The van der Waals surface area contributed by atoms with Gasteiger partial charge in [0.05, 0.1) is 11.9 Å². The second kappa shape index (κ2) is 8.04. The Labute approximate surface area is 116 Å². The van der Waals surface area contributed by atoms with E-state index in [0.29, 0.717) is 0 Å². The van der Waals surface area contributed by atoms with E-state index < -0.39 is 18.0 Å². The lowest BCUT2D eigenvalue weighted by atomic mass is 10.1. The number of esters is 1. The van der Waals surface area contributed by atoms with Crippen molar-refractivity contribution in [1.82, 2.24) is 5.32 Å². The zero-order chi connectivity index (χ0) is 14.3. The Hall–Kier alpha value is -1.24. The monoisotopic (exact) mass is 289 g/mol. The number of aliphatic carboxylic acids is 1. The molecule has 19 heavy (non-hydrogen) atoms. The standard InChI is InChI=1S/C12H19NO5S/c1-2-18-10(14)6-5-8(12(16)17)13-11(15)9-4-3-7-19-9/h8-9H,2-7H2,1H3,(H,13,15)(H,16,17)/t8-,9?/m0/s1. The molecule has 0 aromatic heterocycles. The Balaban J connectivity index is 2.41. The smallest absolute Gasteiger partial charge is 0.326 e.